The number of likely N-dealkylation sites (tertiary alicyclic amines) is 1. The first-order chi connectivity index (χ1) is 13.8. The average Bonchev–Trinajstić information content (AvgIpc) is 2.87. The standard InChI is InChI=1S/C20H24N4O4S/c1-10-16-15(11(2)25)19(26)24(16)17(20(27)28)18(10)29-13-8-23(9-13)14(21)6-12-4-3-5-22-7-12/h3-5,7,10-11,13,15-16,21,25H,6,8-9H2,1-2H3,(H,27,28)/t10-,11-,15-,16-/m1/s1. The molecule has 29 heavy (non-hydrogen) atoms. The number of nitrogens with one attached hydrogen (secondary N) is 1. The monoisotopic (exact) mass is 416 g/mol. The van der Waals surface area contributed by atoms with Crippen LogP contribution >= 0.6 is 11.8 Å². The van der Waals surface area contributed by atoms with Crippen molar-refractivity contribution < 1.29 is 19.8 Å². The molecule has 0 aliphatic carbocycles. The number of carbonyl (C=O) groups is 2. The van der Waals surface area contributed by atoms with E-state index in [1.54, 1.807) is 19.3 Å². The van der Waals surface area contributed by atoms with E-state index in [-0.39, 0.29) is 28.8 Å². The van der Waals surface area contributed by atoms with Crippen molar-refractivity contribution in [2.75, 3.05) is 13.1 Å². The molecule has 154 valence electrons. The largest absolute Gasteiger partial charge is 0.477 e. The normalized spacial score (nSPS) is 27.4. The number of amidine groups is 1. The van der Waals surface area contributed by atoms with Crippen LogP contribution in [0.2, 0.25) is 0 Å². The van der Waals surface area contributed by atoms with Gasteiger partial charge in [0, 0.05) is 48.0 Å². The zero-order valence-corrected chi connectivity index (χ0v) is 17.1. The van der Waals surface area contributed by atoms with E-state index in [1.807, 2.05) is 24.0 Å². The number of fused-ring (bicyclic) bond motifs is 1. The van der Waals surface area contributed by atoms with Gasteiger partial charge in [0.15, 0.2) is 0 Å². The minimum atomic E-state index is -1.10. The number of hydrogen-bond donors (Lipinski definition) is 3. The molecule has 4 atom stereocenters. The topological polar surface area (TPSA) is 118 Å². The van der Waals surface area contributed by atoms with Gasteiger partial charge in [-0.1, -0.05) is 13.0 Å². The van der Waals surface area contributed by atoms with E-state index >= 15 is 0 Å². The van der Waals surface area contributed by atoms with Crippen LogP contribution in [0.5, 0.6) is 0 Å². The van der Waals surface area contributed by atoms with Crippen molar-refractivity contribution in [3.63, 3.8) is 0 Å². The molecule has 3 aliphatic rings. The molecule has 3 aliphatic heterocycles. The Morgan fingerprint density at radius 3 is 2.76 bits per heavy atom. The minimum Gasteiger partial charge on any atom is -0.477 e. The van der Waals surface area contributed by atoms with Gasteiger partial charge in [0.05, 0.1) is 18.1 Å². The first-order valence-electron chi connectivity index (χ1n) is 9.66. The molecule has 4 heterocycles. The van der Waals surface area contributed by atoms with Crippen molar-refractivity contribution in [2.45, 2.75) is 37.7 Å². The highest BCUT2D eigenvalue weighted by atomic mass is 32.2. The summed E-state index contributed by atoms with van der Waals surface area (Å²) in [4.78, 5) is 32.4. The third kappa shape index (κ3) is 3.32. The molecule has 8 nitrogen and oxygen atoms in total. The number of aliphatic hydroxyl groups excluding tert-OH is 1. The van der Waals surface area contributed by atoms with Crippen LogP contribution in [0.4, 0.5) is 0 Å². The summed E-state index contributed by atoms with van der Waals surface area (Å²) in [6.45, 7) is 4.85. The lowest BCUT2D eigenvalue weighted by Gasteiger charge is -2.46. The number of amides is 1. The second-order valence-corrected chi connectivity index (χ2v) is 9.24. The fourth-order valence-corrected chi connectivity index (χ4v) is 5.92. The van der Waals surface area contributed by atoms with Crippen LogP contribution in [0.3, 0.4) is 0 Å². The number of carbonyl (C=O) groups excluding carboxylic acids is 1. The Balaban J connectivity index is 1.40. The lowest BCUT2D eigenvalue weighted by molar-refractivity contribution is -0.163. The van der Waals surface area contributed by atoms with Gasteiger partial charge in [-0.15, -0.1) is 11.8 Å². The van der Waals surface area contributed by atoms with Gasteiger partial charge >= 0.3 is 5.97 Å². The van der Waals surface area contributed by atoms with Crippen LogP contribution in [-0.4, -0.2) is 73.2 Å². The lowest BCUT2D eigenvalue weighted by atomic mass is 9.79. The van der Waals surface area contributed by atoms with Crippen molar-refractivity contribution in [3.05, 3.63) is 40.7 Å². The van der Waals surface area contributed by atoms with Gasteiger partial charge in [0.1, 0.15) is 11.5 Å². The molecule has 2 fully saturated rings. The van der Waals surface area contributed by atoms with E-state index in [1.165, 1.54) is 16.7 Å². The molecule has 0 saturated carbocycles. The van der Waals surface area contributed by atoms with Crippen LogP contribution in [0.25, 0.3) is 0 Å². The summed E-state index contributed by atoms with van der Waals surface area (Å²) in [5.74, 6) is -1.54. The fraction of sp³-hybridized carbons (Fsp3) is 0.500. The molecule has 1 aromatic rings. The van der Waals surface area contributed by atoms with Gasteiger partial charge in [-0.05, 0) is 18.6 Å². The molecule has 0 aromatic carbocycles. The number of pyridine rings is 1. The van der Waals surface area contributed by atoms with E-state index in [0.717, 1.165) is 5.56 Å². The molecule has 3 N–H and O–H groups in total. The van der Waals surface area contributed by atoms with Crippen molar-refractivity contribution >= 4 is 29.5 Å². The molecular formula is C20H24N4O4S. The number of nitrogens with zero attached hydrogens (tertiary/aromatic N) is 3. The maximum atomic E-state index is 12.4. The molecule has 0 bridgehead atoms. The zero-order valence-electron chi connectivity index (χ0n) is 16.3. The number of hydrogen-bond acceptors (Lipinski definition) is 6. The van der Waals surface area contributed by atoms with Crippen molar-refractivity contribution in [3.8, 4) is 0 Å². The van der Waals surface area contributed by atoms with Gasteiger partial charge in [-0.2, -0.15) is 0 Å². The third-order valence-electron chi connectivity index (χ3n) is 5.93. The van der Waals surface area contributed by atoms with Crippen molar-refractivity contribution in [1.29, 1.82) is 5.41 Å². The smallest absolute Gasteiger partial charge is 0.353 e. The van der Waals surface area contributed by atoms with E-state index in [0.29, 0.717) is 30.3 Å². The molecule has 0 spiro atoms. The van der Waals surface area contributed by atoms with E-state index in [4.69, 9.17) is 5.41 Å². The van der Waals surface area contributed by atoms with E-state index in [9.17, 15) is 19.8 Å². The van der Waals surface area contributed by atoms with Gasteiger partial charge in [-0.25, -0.2) is 4.79 Å². The SMILES string of the molecule is C[C@@H](O)[C@H]1C(=O)N2C(C(=O)O)=C(SC3CN(C(=N)Cc4cccnc4)C3)[C@H](C)[C@H]12. The Kier molecular flexibility index (Phi) is 5.12. The second-order valence-electron chi connectivity index (χ2n) is 7.90. The van der Waals surface area contributed by atoms with Gasteiger partial charge in [0.2, 0.25) is 5.91 Å². The highest BCUT2D eigenvalue weighted by Crippen LogP contribution is 2.51. The summed E-state index contributed by atoms with van der Waals surface area (Å²) in [5.41, 5.74) is 1.05. The number of rotatable bonds is 6. The molecule has 1 aromatic heterocycles. The molecule has 0 unspecified atom stereocenters. The number of carboxylic acid groups (broad SMARTS) is 1. The predicted molar refractivity (Wildman–Crippen MR) is 108 cm³/mol. The molecule has 1 amide bonds. The highest BCUT2D eigenvalue weighted by Gasteiger charge is 2.60. The highest BCUT2D eigenvalue weighted by molar-refractivity contribution is 8.03. The predicted octanol–water partition coefficient (Wildman–Crippen LogP) is 1.17. The Morgan fingerprint density at radius 2 is 2.17 bits per heavy atom. The quantitative estimate of drug-likeness (QED) is 0.362. The fourth-order valence-electron chi connectivity index (χ4n) is 4.40. The average molecular weight is 417 g/mol. The summed E-state index contributed by atoms with van der Waals surface area (Å²) in [5, 5.41) is 28.1. The first-order valence-corrected chi connectivity index (χ1v) is 10.5. The summed E-state index contributed by atoms with van der Waals surface area (Å²) < 4.78 is 0. The summed E-state index contributed by atoms with van der Waals surface area (Å²) in [6.07, 6.45) is 3.18. The number of β-lactam (4-membered cyclic amide) rings is 1. The van der Waals surface area contributed by atoms with E-state index in [2.05, 4.69) is 4.98 Å². The number of thioether (sulfide) groups is 1. The maximum absolute atomic E-state index is 12.4. The van der Waals surface area contributed by atoms with Crippen LogP contribution in [0.15, 0.2) is 35.1 Å². The van der Waals surface area contributed by atoms with Gasteiger partial charge in [-0.3, -0.25) is 15.2 Å². The molecule has 0 radical (unpaired) electrons. The minimum absolute atomic E-state index is 0.0679. The van der Waals surface area contributed by atoms with Crippen LogP contribution in [-0.2, 0) is 16.0 Å². The summed E-state index contributed by atoms with van der Waals surface area (Å²) in [7, 11) is 0. The van der Waals surface area contributed by atoms with Crippen LogP contribution in [0.1, 0.15) is 19.4 Å². The third-order valence-corrected chi connectivity index (χ3v) is 7.38. The van der Waals surface area contributed by atoms with Gasteiger partial charge in [0.25, 0.3) is 0 Å². The lowest BCUT2D eigenvalue weighted by Crippen LogP contribution is -2.63. The van der Waals surface area contributed by atoms with Gasteiger partial charge < -0.3 is 20.0 Å². The number of aliphatic hydroxyl groups is 1. The Hall–Kier alpha value is -2.39. The zero-order chi connectivity index (χ0) is 20.9. The number of carboxylic acids is 1. The molecular weight excluding hydrogens is 392 g/mol. The van der Waals surface area contributed by atoms with Crippen molar-refractivity contribution in [2.24, 2.45) is 11.8 Å². The summed E-state index contributed by atoms with van der Waals surface area (Å²) in [6, 6.07) is 3.51. The number of aliphatic carboxylic acids is 1. The molecule has 2 saturated heterocycles. The first kappa shape index (κ1) is 19.9. The van der Waals surface area contributed by atoms with Crippen LogP contribution in [0, 0.1) is 17.2 Å². The Morgan fingerprint density at radius 1 is 1.45 bits per heavy atom. The van der Waals surface area contributed by atoms with E-state index < -0.39 is 18.0 Å². The Bertz CT molecular complexity index is 882. The molecule has 9 heteroatoms. The number of aromatic nitrogens is 1. The summed E-state index contributed by atoms with van der Waals surface area (Å²) >= 11 is 1.50. The van der Waals surface area contributed by atoms with Crippen LogP contribution < -0.4 is 0 Å². The van der Waals surface area contributed by atoms with Crippen molar-refractivity contribution in [1.82, 2.24) is 14.8 Å². The second kappa shape index (κ2) is 7.46. The Labute approximate surface area is 173 Å². The maximum Gasteiger partial charge on any atom is 0.353 e. The molecule has 4 rings (SSSR count).